The van der Waals surface area contributed by atoms with Gasteiger partial charge in [-0.15, -0.1) is 0 Å². The zero-order chi connectivity index (χ0) is 14.7. The largest absolute Gasteiger partial charge is 0.497 e. The lowest BCUT2D eigenvalue weighted by molar-refractivity contribution is 0.413. The van der Waals surface area contributed by atoms with Crippen LogP contribution in [-0.2, 0) is 0 Å². The van der Waals surface area contributed by atoms with Crippen molar-refractivity contribution in [1.82, 2.24) is 0 Å². The zero-order valence-corrected chi connectivity index (χ0v) is 11.7. The van der Waals surface area contributed by atoms with E-state index < -0.39 is 0 Å². The highest BCUT2D eigenvalue weighted by molar-refractivity contribution is 5.59. The summed E-state index contributed by atoms with van der Waals surface area (Å²) >= 11 is 0. The molecule has 20 heavy (non-hydrogen) atoms. The SMILES string of the molecule is COc1ccc(Oc2c(C)cc(C#N)cc2C)c(N)c1. The lowest BCUT2D eigenvalue weighted by Gasteiger charge is -2.14. The topological polar surface area (TPSA) is 68.3 Å². The molecule has 0 heterocycles. The number of rotatable bonds is 3. The maximum Gasteiger partial charge on any atom is 0.150 e. The standard InChI is InChI=1S/C16H16N2O2/c1-10-6-12(9-17)7-11(2)16(10)20-15-5-4-13(19-3)8-14(15)18/h4-8H,18H2,1-3H3. The van der Waals surface area contributed by atoms with Crippen LogP contribution in [0.15, 0.2) is 30.3 Å². The molecule has 2 aromatic rings. The first-order valence-electron chi connectivity index (χ1n) is 6.18. The van der Waals surface area contributed by atoms with E-state index in [4.69, 9.17) is 20.5 Å². The Morgan fingerprint density at radius 3 is 2.25 bits per heavy atom. The van der Waals surface area contributed by atoms with Crippen molar-refractivity contribution in [1.29, 1.82) is 5.26 Å². The minimum Gasteiger partial charge on any atom is -0.497 e. The van der Waals surface area contributed by atoms with E-state index >= 15 is 0 Å². The molecule has 0 fully saturated rings. The van der Waals surface area contributed by atoms with Crippen molar-refractivity contribution in [2.75, 3.05) is 12.8 Å². The van der Waals surface area contributed by atoms with Crippen molar-refractivity contribution in [2.45, 2.75) is 13.8 Å². The average molecular weight is 268 g/mol. The van der Waals surface area contributed by atoms with Crippen LogP contribution in [0.5, 0.6) is 17.2 Å². The average Bonchev–Trinajstić information content (AvgIpc) is 2.43. The van der Waals surface area contributed by atoms with Gasteiger partial charge in [-0.3, -0.25) is 0 Å². The van der Waals surface area contributed by atoms with E-state index in [-0.39, 0.29) is 0 Å². The van der Waals surface area contributed by atoms with Crippen molar-refractivity contribution in [2.24, 2.45) is 0 Å². The lowest BCUT2D eigenvalue weighted by Crippen LogP contribution is -1.97. The summed E-state index contributed by atoms with van der Waals surface area (Å²) in [5.74, 6) is 1.98. The Labute approximate surface area is 118 Å². The molecule has 4 nitrogen and oxygen atoms in total. The Morgan fingerprint density at radius 1 is 1.10 bits per heavy atom. The number of aryl methyl sites for hydroxylation is 2. The van der Waals surface area contributed by atoms with Crippen molar-refractivity contribution >= 4 is 5.69 Å². The maximum absolute atomic E-state index is 8.94. The molecule has 102 valence electrons. The van der Waals surface area contributed by atoms with E-state index in [1.165, 1.54) is 0 Å². The number of hydrogen-bond donors (Lipinski definition) is 1. The Morgan fingerprint density at radius 2 is 1.75 bits per heavy atom. The second-order valence-corrected chi connectivity index (χ2v) is 4.56. The number of anilines is 1. The predicted molar refractivity (Wildman–Crippen MR) is 78.1 cm³/mol. The molecule has 0 spiro atoms. The molecule has 4 heteroatoms. The van der Waals surface area contributed by atoms with Crippen molar-refractivity contribution in [3.63, 3.8) is 0 Å². The zero-order valence-electron chi connectivity index (χ0n) is 11.7. The normalized spacial score (nSPS) is 9.90. The third-order valence-electron chi connectivity index (χ3n) is 3.02. The van der Waals surface area contributed by atoms with Gasteiger partial charge >= 0.3 is 0 Å². The second-order valence-electron chi connectivity index (χ2n) is 4.56. The molecule has 0 atom stereocenters. The second kappa shape index (κ2) is 5.54. The number of nitrogen functional groups attached to an aromatic ring is 1. The first-order valence-corrected chi connectivity index (χ1v) is 6.18. The molecule has 0 aliphatic heterocycles. The third kappa shape index (κ3) is 2.67. The van der Waals surface area contributed by atoms with Gasteiger partial charge in [-0.1, -0.05) is 0 Å². The van der Waals surface area contributed by atoms with Crippen LogP contribution in [0.4, 0.5) is 5.69 Å². The summed E-state index contributed by atoms with van der Waals surface area (Å²) in [6, 6.07) is 11.0. The number of ether oxygens (including phenoxy) is 2. The third-order valence-corrected chi connectivity index (χ3v) is 3.02. The fourth-order valence-electron chi connectivity index (χ4n) is 2.03. The first-order chi connectivity index (χ1) is 9.55. The molecule has 0 aliphatic carbocycles. The van der Waals surface area contributed by atoms with Crippen LogP contribution < -0.4 is 15.2 Å². The molecule has 0 aliphatic rings. The summed E-state index contributed by atoms with van der Waals surface area (Å²) in [6.07, 6.45) is 0. The molecule has 0 saturated heterocycles. The first kappa shape index (κ1) is 13.8. The van der Waals surface area contributed by atoms with Gasteiger partial charge in [0.05, 0.1) is 24.4 Å². The van der Waals surface area contributed by atoms with Gasteiger partial charge in [-0.05, 0) is 49.2 Å². The smallest absolute Gasteiger partial charge is 0.150 e. The highest BCUT2D eigenvalue weighted by atomic mass is 16.5. The quantitative estimate of drug-likeness (QED) is 0.864. The molecule has 2 N–H and O–H groups in total. The Hall–Kier alpha value is -2.67. The van der Waals surface area contributed by atoms with Gasteiger partial charge in [-0.2, -0.15) is 5.26 Å². The van der Waals surface area contributed by atoms with Gasteiger partial charge in [0, 0.05) is 6.07 Å². The Bertz CT molecular complexity index is 664. The molecule has 0 bridgehead atoms. The fourth-order valence-corrected chi connectivity index (χ4v) is 2.03. The number of nitrogens with zero attached hydrogens (tertiary/aromatic N) is 1. The van der Waals surface area contributed by atoms with Gasteiger partial charge in [0.1, 0.15) is 11.5 Å². The van der Waals surface area contributed by atoms with E-state index in [2.05, 4.69) is 6.07 Å². The molecule has 0 aromatic heterocycles. The number of methoxy groups -OCH3 is 1. The van der Waals surface area contributed by atoms with E-state index in [1.807, 2.05) is 13.8 Å². The lowest BCUT2D eigenvalue weighted by atomic mass is 10.1. The van der Waals surface area contributed by atoms with Gasteiger partial charge in [0.25, 0.3) is 0 Å². The van der Waals surface area contributed by atoms with Crippen LogP contribution in [0.3, 0.4) is 0 Å². The van der Waals surface area contributed by atoms with Crippen LogP contribution in [0.25, 0.3) is 0 Å². The van der Waals surface area contributed by atoms with Crippen LogP contribution in [0.1, 0.15) is 16.7 Å². The van der Waals surface area contributed by atoms with E-state index in [9.17, 15) is 0 Å². The van der Waals surface area contributed by atoms with Gasteiger partial charge in [-0.25, -0.2) is 0 Å². The van der Waals surface area contributed by atoms with E-state index in [0.717, 1.165) is 16.9 Å². The summed E-state index contributed by atoms with van der Waals surface area (Å²) in [5, 5.41) is 8.94. The minimum absolute atomic E-state index is 0.507. The minimum atomic E-state index is 0.507. The summed E-state index contributed by atoms with van der Waals surface area (Å²) in [5.41, 5.74) is 8.87. The predicted octanol–water partition coefficient (Wildman–Crippen LogP) is 3.56. The van der Waals surface area contributed by atoms with Gasteiger partial charge in [0.15, 0.2) is 5.75 Å². The molecule has 0 radical (unpaired) electrons. The number of hydrogen-bond acceptors (Lipinski definition) is 4. The molecular weight excluding hydrogens is 252 g/mol. The maximum atomic E-state index is 8.94. The van der Waals surface area contributed by atoms with Crippen molar-refractivity contribution < 1.29 is 9.47 Å². The summed E-state index contributed by atoms with van der Waals surface area (Å²) in [7, 11) is 1.59. The van der Waals surface area contributed by atoms with Gasteiger partial charge < -0.3 is 15.2 Å². The van der Waals surface area contributed by atoms with Gasteiger partial charge in [0.2, 0.25) is 0 Å². The monoisotopic (exact) mass is 268 g/mol. The number of nitrogens with two attached hydrogens (primary N) is 1. The van der Waals surface area contributed by atoms with Crippen LogP contribution >= 0.6 is 0 Å². The number of nitriles is 1. The molecule has 0 amide bonds. The van der Waals surface area contributed by atoms with Crippen LogP contribution in [0.2, 0.25) is 0 Å². The molecule has 2 rings (SSSR count). The van der Waals surface area contributed by atoms with E-state index in [0.29, 0.717) is 22.7 Å². The Kier molecular flexibility index (Phi) is 3.81. The molecule has 2 aromatic carbocycles. The highest BCUT2D eigenvalue weighted by Crippen LogP contribution is 2.34. The molecule has 0 saturated carbocycles. The summed E-state index contributed by atoms with van der Waals surface area (Å²) < 4.78 is 11.0. The van der Waals surface area contributed by atoms with Crippen molar-refractivity contribution in [3.8, 4) is 23.3 Å². The van der Waals surface area contributed by atoms with Crippen LogP contribution in [-0.4, -0.2) is 7.11 Å². The number of benzene rings is 2. The van der Waals surface area contributed by atoms with Crippen molar-refractivity contribution in [3.05, 3.63) is 47.0 Å². The molecule has 0 unspecified atom stereocenters. The Balaban J connectivity index is 2.38. The fraction of sp³-hybridized carbons (Fsp3) is 0.188. The summed E-state index contributed by atoms with van der Waals surface area (Å²) in [6.45, 7) is 3.81. The highest BCUT2D eigenvalue weighted by Gasteiger charge is 2.10. The molecular formula is C16H16N2O2. The summed E-state index contributed by atoms with van der Waals surface area (Å²) in [4.78, 5) is 0. The van der Waals surface area contributed by atoms with E-state index in [1.54, 1.807) is 37.4 Å². The van der Waals surface area contributed by atoms with Crippen LogP contribution in [0, 0.1) is 25.2 Å².